The van der Waals surface area contributed by atoms with E-state index in [1.807, 2.05) is 54.7 Å². The maximum atomic E-state index is 13.3. The molecule has 3 aromatic carbocycles. The second-order valence-electron chi connectivity index (χ2n) is 8.97. The highest BCUT2D eigenvalue weighted by molar-refractivity contribution is 6.03. The first-order valence-corrected chi connectivity index (χ1v) is 11.5. The topological polar surface area (TPSA) is 59.3 Å². The van der Waals surface area contributed by atoms with E-state index in [0.29, 0.717) is 24.3 Å². The van der Waals surface area contributed by atoms with E-state index in [1.165, 1.54) is 5.56 Å². The highest BCUT2D eigenvalue weighted by Crippen LogP contribution is 2.26. The highest BCUT2D eigenvalue weighted by Gasteiger charge is 2.15. The molecule has 1 heterocycles. The molecule has 4 rings (SSSR count). The maximum absolute atomic E-state index is 13.3. The van der Waals surface area contributed by atoms with Crippen molar-refractivity contribution in [1.29, 1.82) is 0 Å². The van der Waals surface area contributed by atoms with Gasteiger partial charge in [0.1, 0.15) is 0 Å². The van der Waals surface area contributed by atoms with Crippen LogP contribution in [0, 0.1) is 5.92 Å². The van der Waals surface area contributed by atoms with Crippen LogP contribution in [0.2, 0.25) is 0 Å². The number of aromatic nitrogens is 1. The molecular formula is C29H29NO3. The second-order valence-corrected chi connectivity index (χ2v) is 8.97. The maximum Gasteiger partial charge on any atom is 0.303 e. The molecule has 0 aliphatic heterocycles. The van der Waals surface area contributed by atoms with E-state index in [4.69, 9.17) is 5.11 Å². The Bertz CT molecular complexity index is 1260. The quantitative estimate of drug-likeness (QED) is 0.336. The van der Waals surface area contributed by atoms with Crippen LogP contribution in [0.4, 0.5) is 0 Å². The smallest absolute Gasteiger partial charge is 0.303 e. The molecule has 4 nitrogen and oxygen atoms in total. The Labute approximate surface area is 194 Å². The molecule has 0 spiro atoms. The minimum atomic E-state index is -0.801. The Kier molecular flexibility index (Phi) is 6.74. The summed E-state index contributed by atoms with van der Waals surface area (Å²) >= 11 is 0. The largest absolute Gasteiger partial charge is 0.481 e. The Balaban J connectivity index is 1.56. The van der Waals surface area contributed by atoms with Crippen molar-refractivity contribution in [3.8, 4) is 11.1 Å². The van der Waals surface area contributed by atoms with Gasteiger partial charge in [-0.05, 0) is 65.6 Å². The predicted molar refractivity (Wildman–Crippen MR) is 133 cm³/mol. The molecule has 4 heteroatoms. The lowest BCUT2D eigenvalue weighted by Crippen LogP contribution is -2.10. The number of hydrogen-bond acceptors (Lipinski definition) is 2. The summed E-state index contributed by atoms with van der Waals surface area (Å²) in [5, 5.41) is 9.94. The second kappa shape index (κ2) is 9.86. The van der Waals surface area contributed by atoms with Gasteiger partial charge in [-0.1, -0.05) is 68.4 Å². The summed E-state index contributed by atoms with van der Waals surface area (Å²) in [5.74, 6) is -0.261. The third-order valence-corrected chi connectivity index (χ3v) is 5.91. The molecule has 0 radical (unpaired) electrons. The fraction of sp³-hybridized carbons (Fsp3) is 0.241. The molecule has 0 saturated heterocycles. The number of aryl methyl sites for hydroxylation is 1. The number of aliphatic carboxylic acids is 1. The van der Waals surface area contributed by atoms with E-state index >= 15 is 0 Å². The van der Waals surface area contributed by atoms with Gasteiger partial charge in [0.2, 0.25) is 0 Å². The van der Waals surface area contributed by atoms with Gasteiger partial charge in [0.05, 0.1) is 5.52 Å². The molecule has 33 heavy (non-hydrogen) atoms. The molecule has 0 fully saturated rings. The van der Waals surface area contributed by atoms with E-state index in [0.717, 1.165) is 34.0 Å². The van der Waals surface area contributed by atoms with Crippen LogP contribution in [0.3, 0.4) is 0 Å². The Hall–Kier alpha value is -3.66. The first-order chi connectivity index (χ1) is 15.9. The molecule has 0 aliphatic rings. The predicted octanol–water partition coefficient (Wildman–Crippen LogP) is 6.60. The fourth-order valence-electron chi connectivity index (χ4n) is 4.30. The number of carboxylic acid groups (broad SMARTS) is 1. The number of fused-ring (bicyclic) bond motifs is 1. The van der Waals surface area contributed by atoms with Crippen LogP contribution >= 0.6 is 0 Å². The molecule has 0 saturated carbocycles. The van der Waals surface area contributed by atoms with Crippen LogP contribution in [0.5, 0.6) is 0 Å². The number of para-hydroxylation sites is 1. The van der Waals surface area contributed by atoms with Gasteiger partial charge in [-0.15, -0.1) is 0 Å². The Morgan fingerprint density at radius 3 is 2.15 bits per heavy atom. The zero-order valence-corrected chi connectivity index (χ0v) is 19.1. The summed E-state index contributed by atoms with van der Waals surface area (Å²) in [6, 6.07) is 24.1. The lowest BCUT2D eigenvalue weighted by Gasteiger charge is -2.08. The van der Waals surface area contributed by atoms with Crippen LogP contribution in [-0.2, 0) is 17.6 Å². The lowest BCUT2D eigenvalue weighted by molar-refractivity contribution is -0.137. The Morgan fingerprint density at radius 2 is 1.52 bits per heavy atom. The fourth-order valence-corrected chi connectivity index (χ4v) is 4.30. The minimum Gasteiger partial charge on any atom is -0.481 e. The van der Waals surface area contributed by atoms with Crippen LogP contribution in [0.25, 0.3) is 22.0 Å². The van der Waals surface area contributed by atoms with Crippen molar-refractivity contribution in [1.82, 2.24) is 4.57 Å². The van der Waals surface area contributed by atoms with Crippen LogP contribution < -0.4 is 0 Å². The SMILES string of the molecule is CC(C)Cc1ccc(-c2ccc(C(=O)n3cc(CCCC(=O)O)c4ccccc43)cc2)cc1. The van der Waals surface area contributed by atoms with E-state index in [2.05, 4.69) is 38.1 Å². The summed E-state index contributed by atoms with van der Waals surface area (Å²) in [4.78, 5) is 24.2. The van der Waals surface area contributed by atoms with Crippen molar-refractivity contribution in [3.63, 3.8) is 0 Å². The molecule has 0 aliphatic carbocycles. The first kappa shape index (κ1) is 22.5. The summed E-state index contributed by atoms with van der Waals surface area (Å²) in [6.45, 7) is 4.44. The molecule has 168 valence electrons. The number of carboxylic acids is 1. The van der Waals surface area contributed by atoms with Crippen molar-refractivity contribution in [2.24, 2.45) is 5.92 Å². The normalized spacial score (nSPS) is 11.2. The van der Waals surface area contributed by atoms with Crippen molar-refractivity contribution in [2.75, 3.05) is 0 Å². The van der Waals surface area contributed by atoms with Gasteiger partial charge in [0.25, 0.3) is 5.91 Å². The summed E-state index contributed by atoms with van der Waals surface area (Å²) in [7, 11) is 0. The van der Waals surface area contributed by atoms with Crippen LogP contribution in [0.15, 0.2) is 79.0 Å². The molecule has 0 amide bonds. The van der Waals surface area contributed by atoms with E-state index in [1.54, 1.807) is 4.57 Å². The lowest BCUT2D eigenvalue weighted by atomic mass is 9.98. The highest BCUT2D eigenvalue weighted by atomic mass is 16.4. The summed E-state index contributed by atoms with van der Waals surface area (Å²) in [5.41, 5.74) is 6.01. The van der Waals surface area contributed by atoms with E-state index < -0.39 is 5.97 Å². The van der Waals surface area contributed by atoms with Gasteiger partial charge in [-0.3, -0.25) is 14.2 Å². The van der Waals surface area contributed by atoms with Crippen LogP contribution in [0.1, 0.15) is 48.2 Å². The molecule has 0 unspecified atom stereocenters. The molecular weight excluding hydrogens is 410 g/mol. The minimum absolute atomic E-state index is 0.0884. The zero-order chi connectivity index (χ0) is 23.4. The van der Waals surface area contributed by atoms with Gasteiger partial charge in [0, 0.05) is 23.6 Å². The third-order valence-electron chi connectivity index (χ3n) is 5.91. The van der Waals surface area contributed by atoms with Gasteiger partial charge < -0.3 is 5.11 Å². The van der Waals surface area contributed by atoms with Gasteiger partial charge in [-0.25, -0.2) is 0 Å². The average Bonchev–Trinajstić information content (AvgIpc) is 3.17. The summed E-state index contributed by atoms with van der Waals surface area (Å²) in [6.07, 6.45) is 4.21. The van der Waals surface area contributed by atoms with E-state index in [9.17, 15) is 9.59 Å². The molecule has 1 aromatic heterocycles. The zero-order valence-electron chi connectivity index (χ0n) is 19.1. The van der Waals surface area contributed by atoms with Gasteiger partial charge >= 0.3 is 5.97 Å². The van der Waals surface area contributed by atoms with Crippen molar-refractivity contribution >= 4 is 22.8 Å². The molecule has 0 atom stereocenters. The number of rotatable bonds is 8. The van der Waals surface area contributed by atoms with Gasteiger partial charge in [-0.2, -0.15) is 0 Å². The molecule has 4 aromatic rings. The number of nitrogens with zero attached hydrogens (tertiary/aromatic N) is 1. The third kappa shape index (κ3) is 5.23. The Morgan fingerprint density at radius 1 is 0.879 bits per heavy atom. The van der Waals surface area contributed by atoms with Crippen molar-refractivity contribution < 1.29 is 14.7 Å². The standard InChI is InChI=1S/C29H29NO3/c1-20(2)18-21-10-12-22(13-11-21)23-14-16-24(17-15-23)29(33)30-19-25(6-5-9-28(31)32)26-7-3-4-8-27(26)30/h3-4,7-8,10-17,19-20H,5-6,9,18H2,1-2H3,(H,31,32). The van der Waals surface area contributed by atoms with E-state index in [-0.39, 0.29) is 12.3 Å². The van der Waals surface area contributed by atoms with Crippen molar-refractivity contribution in [3.05, 3.63) is 95.7 Å². The summed E-state index contributed by atoms with van der Waals surface area (Å²) < 4.78 is 1.68. The number of benzene rings is 3. The van der Waals surface area contributed by atoms with Crippen LogP contribution in [-0.4, -0.2) is 21.6 Å². The monoisotopic (exact) mass is 439 g/mol. The number of carbonyl (C=O) groups excluding carboxylic acids is 1. The molecule has 1 N–H and O–H groups in total. The first-order valence-electron chi connectivity index (χ1n) is 11.5. The number of carbonyl (C=O) groups is 2. The van der Waals surface area contributed by atoms with Gasteiger partial charge in [0.15, 0.2) is 0 Å². The average molecular weight is 440 g/mol. The molecule has 0 bridgehead atoms. The number of hydrogen-bond donors (Lipinski definition) is 1. The van der Waals surface area contributed by atoms with Crippen molar-refractivity contribution in [2.45, 2.75) is 39.5 Å².